The molecule has 1 fully saturated rings. The molecule has 0 aliphatic carbocycles. The fourth-order valence-electron chi connectivity index (χ4n) is 2.05. The molecule has 1 saturated heterocycles. The monoisotopic (exact) mass is 229 g/mol. The lowest BCUT2D eigenvalue weighted by molar-refractivity contribution is -0.160. The van der Waals surface area contributed by atoms with Crippen LogP contribution in [-0.4, -0.2) is 50.3 Å². The first-order chi connectivity index (χ1) is 7.71. The minimum atomic E-state index is -0.395. The van der Waals surface area contributed by atoms with Crippen LogP contribution in [0.2, 0.25) is 0 Å². The molecule has 94 valence electrons. The van der Waals surface area contributed by atoms with E-state index < -0.39 is 6.10 Å². The lowest BCUT2D eigenvalue weighted by atomic mass is 10.0. The molecular formula is C12H23NO3. The van der Waals surface area contributed by atoms with Gasteiger partial charge < -0.3 is 9.47 Å². The van der Waals surface area contributed by atoms with Crippen LogP contribution in [-0.2, 0) is 14.3 Å². The molecule has 0 bridgehead atoms. The lowest BCUT2D eigenvalue weighted by Gasteiger charge is -2.33. The van der Waals surface area contributed by atoms with E-state index in [1.165, 1.54) is 20.0 Å². The Hall–Kier alpha value is -0.610. The molecular weight excluding hydrogens is 206 g/mol. The molecule has 1 unspecified atom stereocenters. The van der Waals surface area contributed by atoms with Gasteiger partial charge in [0.15, 0.2) is 6.10 Å². The maximum atomic E-state index is 11.4. The number of nitrogens with zero attached hydrogens (tertiary/aromatic N) is 1. The predicted octanol–water partition coefficient (Wildman–Crippen LogP) is 1.30. The largest absolute Gasteiger partial charge is 0.467 e. The Morgan fingerprint density at radius 1 is 1.50 bits per heavy atom. The highest BCUT2D eigenvalue weighted by Gasteiger charge is 2.27. The minimum absolute atomic E-state index is 0.255. The summed E-state index contributed by atoms with van der Waals surface area (Å²) in [6.07, 6.45) is 1.99. The van der Waals surface area contributed by atoms with Crippen molar-refractivity contribution in [2.24, 2.45) is 5.92 Å². The molecule has 0 aromatic heterocycles. The molecule has 0 spiro atoms. The summed E-state index contributed by atoms with van der Waals surface area (Å²) in [5, 5.41) is 0. The normalized spacial score (nSPS) is 22.4. The summed E-state index contributed by atoms with van der Waals surface area (Å²) in [5.41, 5.74) is 0. The molecule has 1 aliphatic rings. The third kappa shape index (κ3) is 3.76. The van der Waals surface area contributed by atoms with Crippen molar-refractivity contribution in [1.82, 2.24) is 4.90 Å². The number of esters is 1. The molecule has 16 heavy (non-hydrogen) atoms. The van der Waals surface area contributed by atoms with E-state index in [4.69, 9.17) is 9.47 Å². The van der Waals surface area contributed by atoms with Gasteiger partial charge in [0, 0.05) is 19.6 Å². The summed E-state index contributed by atoms with van der Waals surface area (Å²) in [4.78, 5) is 13.7. The Morgan fingerprint density at radius 2 is 2.19 bits per heavy atom. The van der Waals surface area contributed by atoms with Gasteiger partial charge in [0.25, 0.3) is 0 Å². The average molecular weight is 229 g/mol. The number of carbonyl (C=O) groups is 1. The summed E-state index contributed by atoms with van der Waals surface area (Å²) in [6, 6.07) is 0. The van der Waals surface area contributed by atoms with E-state index in [0.29, 0.717) is 13.2 Å². The van der Waals surface area contributed by atoms with E-state index in [1.807, 2.05) is 0 Å². The minimum Gasteiger partial charge on any atom is -0.467 e. The van der Waals surface area contributed by atoms with E-state index in [9.17, 15) is 4.79 Å². The van der Waals surface area contributed by atoms with Gasteiger partial charge in [0.1, 0.15) is 0 Å². The molecule has 1 rings (SSSR count). The fraction of sp³-hybridized carbons (Fsp3) is 0.917. The van der Waals surface area contributed by atoms with Crippen molar-refractivity contribution in [2.75, 3.05) is 33.4 Å². The standard InChI is InChI=1S/C12H23NO3/c1-4-10(5-2)8-13-6-7-16-11(9-13)12(14)15-3/h10-11H,4-9H2,1-3H3. The SMILES string of the molecule is CCC(CC)CN1CCOC(C(=O)OC)C1. The molecule has 0 aromatic carbocycles. The van der Waals surface area contributed by atoms with Gasteiger partial charge in [-0.05, 0) is 5.92 Å². The second kappa shape index (κ2) is 6.86. The Labute approximate surface area is 97.9 Å². The van der Waals surface area contributed by atoms with Gasteiger partial charge in [-0.25, -0.2) is 4.79 Å². The zero-order valence-electron chi connectivity index (χ0n) is 10.6. The van der Waals surface area contributed by atoms with Crippen LogP contribution in [0.1, 0.15) is 26.7 Å². The number of methoxy groups -OCH3 is 1. The van der Waals surface area contributed by atoms with Gasteiger partial charge in [0.05, 0.1) is 13.7 Å². The van der Waals surface area contributed by atoms with Crippen molar-refractivity contribution in [3.8, 4) is 0 Å². The number of morpholine rings is 1. The molecule has 1 atom stereocenters. The Bertz CT molecular complexity index is 216. The third-order valence-corrected chi connectivity index (χ3v) is 3.29. The van der Waals surface area contributed by atoms with Crippen molar-refractivity contribution in [3.05, 3.63) is 0 Å². The summed E-state index contributed by atoms with van der Waals surface area (Å²) >= 11 is 0. The summed E-state index contributed by atoms with van der Waals surface area (Å²) < 4.78 is 10.1. The van der Waals surface area contributed by atoms with Crippen LogP contribution in [0.3, 0.4) is 0 Å². The Balaban J connectivity index is 2.41. The highest BCUT2D eigenvalue weighted by Crippen LogP contribution is 2.13. The van der Waals surface area contributed by atoms with Crippen LogP contribution < -0.4 is 0 Å². The van der Waals surface area contributed by atoms with Crippen molar-refractivity contribution in [1.29, 1.82) is 0 Å². The third-order valence-electron chi connectivity index (χ3n) is 3.29. The number of hydrogen-bond acceptors (Lipinski definition) is 4. The van der Waals surface area contributed by atoms with Crippen LogP contribution in [0.5, 0.6) is 0 Å². The zero-order chi connectivity index (χ0) is 12.0. The molecule has 1 aliphatic heterocycles. The molecule has 0 N–H and O–H groups in total. The molecule has 1 heterocycles. The van der Waals surface area contributed by atoms with Gasteiger partial charge >= 0.3 is 5.97 Å². The first-order valence-corrected chi connectivity index (χ1v) is 6.13. The fourth-order valence-corrected chi connectivity index (χ4v) is 2.05. The Kier molecular flexibility index (Phi) is 5.77. The maximum absolute atomic E-state index is 11.4. The lowest BCUT2D eigenvalue weighted by Crippen LogP contribution is -2.47. The van der Waals surface area contributed by atoms with E-state index in [1.54, 1.807) is 0 Å². The smallest absolute Gasteiger partial charge is 0.336 e. The van der Waals surface area contributed by atoms with E-state index in [0.717, 1.165) is 19.0 Å². The summed E-state index contributed by atoms with van der Waals surface area (Å²) in [7, 11) is 1.41. The molecule has 4 nitrogen and oxygen atoms in total. The van der Waals surface area contributed by atoms with E-state index >= 15 is 0 Å². The average Bonchev–Trinajstić information content (AvgIpc) is 2.35. The topological polar surface area (TPSA) is 38.8 Å². The van der Waals surface area contributed by atoms with Crippen LogP contribution in [0.15, 0.2) is 0 Å². The van der Waals surface area contributed by atoms with Gasteiger partial charge in [-0.15, -0.1) is 0 Å². The number of hydrogen-bond donors (Lipinski definition) is 0. The van der Waals surface area contributed by atoms with Gasteiger partial charge in [0.2, 0.25) is 0 Å². The van der Waals surface area contributed by atoms with E-state index in [2.05, 4.69) is 18.7 Å². The second-order valence-electron chi connectivity index (χ2n) is 4.32. The number of carbonyl (C=O) groups excluding carboxylic acids is 1. The Morgan fingerprint density at radius 3 is 2.75 bits per heavy atom. The van der Waals surface area contributed by atoms with Crippen molar-refractivity contribution in [3.63, 3.8) is 0 Å². The van der Waals surface area contributed by atoms with Crippen LogP contribution in [0, 0.1) is 5.92 Å². The predicted molar refractivity (Wildman–Crippen MR) is 62.3 cm³/mol. The quantitative estimate of drug-likeness (QED) is 0.666. The van der Waals surface area contributed by atoms with Crippen LogP contribution in [0.25, 0.3) is 0 Å². The van der Waals surface area contributed by atoms with Gasteiger partial charge in [-0.2, -0.15) is 0 Å². The first kappa shape index (κ1) is 13.5. The summed E-state index contributed by atoms with van der Waals surface area (Å²) in [5.74, 6) is 0.464. The number of rotatable bonds is 5. The van der Waals surface area contributed by atoms with Gasteiger partial charge in [-0.1, -0.05) is 26.7 Å². The molecule has 0 saturated carbocycles. The van der Waals surface area contributed by atoms with Crippen LogP contribution >= 0.6 is 0 Å². The molecule has 0 amide bonds. The maximum Gasteiger partial charge on any atom is 0.336 e. The molecule has 0 radical (unpaired) electrons. The first-order valence-electron chi connectivity index (χ1n) is 6.13. The molecule has 4 heteroatoms. The molecule has 0 aromatic rings. The van der Waals surface area contributed by atoms with Crippen molar-refractivity contribution in [2.45, 2.75) is 32.8 Å². The number of ether oxygens (including phenoxy) is 2. The van der Waals surface area contributed by atoms with Crippen molar-refractivity contribution >= 4 is 5.97 Å². The second-order valence-corrected chi connectivity index (χ2v) is 4.32. The zero-order valence-corrected chi connectivity index (χ0v) is 10.6. The van der Waals surface area contributed by atoms with Gasteiger partial charge in [-0.3, -0.25) is 4.90 Å². The van der Waals surface area contributed by atoms with Crippen LogP contribution in [0.4, 0.5) is 0 Å². The highest BCUT2D eigenvalue weighted by molar-refractivity contribution is 5.74. The van der Waals surface area contributed by atoms with Crippen molar-refractivity contribution < 1.29 is 14.3 Å². The summed E-state index contributed by atoms with van der Waals surface area (Å²) in [6.45, 7) is 7.70. The highest BCUT2D eigenvalue weighted by atomic mass is 16.6. The van der Waals surface area contributed by atoms with E-state index in [-0.39, 0.29) is 5.97 Å².